The SMILES string of the molecule is C=C(C)[C@H](O)Cc1c(OC)c2cc3c(c(OC)c2n(C)c1=O)OCO3. The lowest BCUT2D eigenvalue weighted by Crippen LogP contribution is -2.26. The highest BCUT2D eigenvalue weighted by atomic mass is 16.7. The van der Waals surface area contributed by atoms with Crippen molar-refractivity contribution in [1.82, 2.24) is 4.57 Å². The van der Waals surface area contributed by atoms with Gasteiger partial charge in [-0.2, -0.15) is 0 Å². The number of ether oxygens (including phenoxy) is 4. The van der Waals surface area contributed by atoms with E-state index >= 15 is 0 Å². The molecule has 2 heterocycles. The van der Waals surface area contributed by atoms with E-state index in [1.807, 2.05) is 0 Å². The molecule has 25 heavy (non-hydrogen) atoms. The Kier molecular flexibility index (Phi) is 4.34. The highest BCUT2D eigenvalue weighted by Gasteiger charge is 2.28. The van der Waals surface area contributed by atoms with E-state index in [1.54, 1.807) is 20.0 Å². The number of hydrogen-bond acceptors (Lipinski definition) is 6. The zero-order chi connectivity index (χ0) is 18.3. The first kappa shape index (κ1) is 17.2. The Hall–Kier alpha value is -2.67. The molecule has 1 aromatic carbocycles. The normalized spacial score (nSPS) is 13.8. The fraction of sp³-hybridized carbons (Fsp3) is 0.389. The molecule has 1 aromatic heterocycles. The Morgan fingerprint density at radius 1 is 1.36 bits per heavy atom. The molecular formula is C18H21NO6. The second kappa shape index (κ2) is 6.33. The van der Waals surface area contributed by atoms with Crippen LogP contribution in [-0.2, 0) is 13.5 Å². The predicted molar refractivity (Wildman–Crippen MR) is 92.9 cm³/mol. The highest BCUT2D eigenvalue weighted by Crippen LogP contribution is 2.48. The number of pyridine rings is 1. The van der Waals surface area contributed by atoms with Crippen molar-refractivity contribution in [3.63, 3.8) is 0 Å². The zero-order valence-corrected chi connectivity index (χ0v) is 14.7. The topological polar surface area (TPSA) is 79.2 Å². The lowest BCUT2D eigenvalue weighted by atomic mass is 10.0. The van der Waals surface area contributed by atoms with Gasteiger partial charge in [-0.15, -0.1) is 0 Å². The summed E-state index contributed by atoms with van der Waals surface area (Å²) in [5.74, 6) is 1.78. The van der Waals surface area contributed by atoms with Gasteiger partial charge in [-0.1, -0.05) is 12.2 Å². The van der Waals surface area contributed by atoms with Gasteiger partial charge in [0.1, 0.15) is 11.3 Å². The van der Waals surface area contributed by atoms with E-state index in [-0.39, 0.29) is 18.8 Å². The molecule has 2 aromatic rings. The van der Waals surface area contributed by atoms with Crippen LogP contribution in [0.15, 0.2) is 23.0 Å². The number of aliphatic hydroxyl groups is 1. The number of methoxy groups -OCH3 is 2. The van der Waals surface area contributed by atoms with Crippen molar-refractivity contribution in [2.45, 2.75) is 19.4 Å². The molecule has 0 unspecified atom stereocenters. The molecule has 0 aliphatic carbocycles. The molecule has 1 N–H and O–H groups in total. The molecule has 0 saturated heterocycles. The van der Waals surface area contributed by atoms with Crippen LogP contribution in [0, 0.1) is 0 Å². The third kappa shape index (κ3) is 2.60. The average Bonchev–Trinajstić information content (AvgIpc) is 3.05. The van der Waals surface area contributed by atoms with Crippen molar-refractivity contribution >= 4 is 10.9 Å². The molecule has 3 rings (SSSR count). The lowest BCUT2D eigenvalue weighted by molar-refractivity contribution is 0.171. The van der Waals surface area contributed by atoms with Gasteiger partial charge >= 0.3 is 0 Å². The quantitative estimate of drug-likeness (QED) is 0.831. The number of fused-ring (bicyclic) bond motifs is 2. The first-order valence-corrected chi connectivity index (χ1v) is 7.80. The van der Waals surface area contributed by atoms with E-state index < -0.39 is 6.10 Å². The number of hydrogen-bond donors (Lipinski definition) is 1. The van der Waals surface area contributed by atoms with Crippen molar-refractivity contribution in [3.8, 4) is 23.0 Å². The number of rotatable bonds is 5. The fourth-order valence-electron chi connectivity index (χ4n) is 3.04. The molecular weight excluding hydrogens is 326 g/mol. The van der Waals surface area contributed by atoms with Gasteiger partial charge in [0.25, 0.3) is 5.56 Å². The van der Waals surface area contributed by atoms with E-state index in [2.05, 4.69) is 6.58 Å². The number of benzene rings is 1. The lowest BCUT2D eigenvalue weighted by Gasteiger charge is -2.19. The summed E-state index contributed by atoms with van der Waals surface area (Å²) in [4.78, 5) is 12.9. The number of aromatic nitrogens is 1. The maximum absolute atomic E-state index is 12.9. The van der Waals surface area contributed by atoms with Gasteiger partial charge in [0, 0.05) is 18.9 Å². The largest absolute Gasteiger partial charge is 0.496 e. The third-order valence-corrected chi connectivity index (χ3v) is 4.38. The Morgan fingerprint density at radius 2 is 2.04 bits per heavy atom. The van der Waals surface area contributed by atoms with Crippen LogP contribution in [0.4, 0.5) is 0 Å². The second-order valence-corrected chi connectivity index (χ2v) is 5.98. The minimum atomic E-state index is -0.838. The monoisotopic (exact) mass is 347 g/mol. The van der Waals surface area contributed by atoms with Gasteiger partial charge in [-0.05, 0) is 13.0 Å². The molecule has 7 nitrogen and oxygen atoms in total. The highest BCUT2D eigenvalue weighted by molar-refractivity contribution is 5.95. The van der Waals surface area contributed by atoms with Crippen LogP contribution >= 0.6 is 0 Å². The summed E-state index contributed by atoms with van der Waals surface area (Å²) < 4.78 is 23.4. The summed E-state index contributed by atoms with van der Waals surface area (Å²) in [5, 5.41) is 10.8. The minimum absolute atomic E-state index is 0.0828. The van der Waals surface area contributed by atoms with Crippen LogP contribution in [0.3, 0.4) is 0 Å². The van der Waals surface area contributed by atoms with Gasteiger partial charge in [0.2, 0.25) is 12.5 Å². The second-order valence-electron chi connectivity index (χ2n) is 5.98. The van der Waals surface area contributed by atoms with Gasteiger partial charge in [0.05, 0.1) is 25.9 Å². The van der Waals surface area contributed by atoms with E-state index in [4.69, 9.17) is 18.9 Å². The van der Waals surface area contributed by atoms with Crippen LogP contribution in [0.5, 0.6) is 23.0 Å². The standard InChI is InChI=1S/C18H21NO6/c1-9(2)12(20)6-11-15(22-4)10-7-13-16(25-8-24-13)17(23-5)14(10)19(3)18(11)21/h7,12,20H,1,6,8H2,2-5H3/t12-/m1/s1. The molecule has 1 aliphatic heterocycles. The van der Waals surface area contributed by atoms with E-state index in [1.165, 1.54) is 18.8 Å². The first-order chi connectivity index (χ1) is 11.9. The molecule has 0 bridgehead atoms. The molecule has 0 spiro atoms. The van der Waals surface area contributed by atoms with Gasteiger partial charge < -0.3 is 28.6 Å². The summed E-state index contributed by atoms with van der Waals surface area (Å²) in [5.41, 5.74) is 1.21. The zero-order valence-electron chi connectivity index (χ0n) is 14.7. The van der Waals surface area contributed by atoms with E-state index in [0.717, 1.165) is 0 Å². The first-order valence-electron chi connectivity index (χ1n) is 7.80. The van der Waals surface area contributed by atoms with Crippen molar-refractivity contribution in [2.24, 2.45) is 7.05 Å². The van der Waals surface area contributed by atoms with E-state index in [0.29, 0.717) is 45.0 Å². The van der Waals surface area contributed by atoms with Crippen molar-refractivity contribution < 1.29 is 24.1 Å². The minimum Gasteiger partial charge on any atom is -0.496 e. The number of aryl methyl sites for hydroxylation is 1. The molecule has 0 saturated carbocycles. The summed E-state index contributed by atoms with van der Waals surface area (Å²) in [6.07, 6.45) is -0.729. The molecule has 0 fully saturated rings. The predicted octanol–water partition coefficient (Wildman–Crippen LogP) is 1.76. The van der Waals surface area contributed by atoms with Crippen LogP contribution in [-0.4, -0.2) is 36.8 Å². The Labute approximate surface area is 145 Å². The van der Waals surface area contributed by atoms with Gasteiger partial charge in [0.15, 0.2) is 11.5 Å². The summed E-state index contributed by atoms with van der Waals surface area (Å²) in [7, 11) is 4.64. The van der Waals surface area contributed by atoms with Crippen molar-refractivity contribution in [3.05, 3.63) is 34.1 Å². The Balaban J connectivity index is 2.38. The summed E-state index contributed by atoms with van der Waals surface area (Å²) in [6, 6.07) is 1.76. The van der Waals surface area contributed by atoms with Crippen LogP contribution in [0.25, 0.3) is 10.9 Å². The maximum atomic E-state index is 12.9. The summed E-state index contributed by atoms with van der Waals surface area (Å²) in [6.45, 7) is 5.53. The number of aliphatic hydroxyl groups excluding tert-OH is 1. The summed E-state index contributed by atoms with van der Waals surface area (Å²) >= 11 is 0. The molecule has 1 aliphatic rings. The van der Waals surface area contributed by atoms with Crippen LogP contribution in [0.2, 0.25) is 0 Å². The average molecular weight is 347 g/mol. The smallest absolute Gasteiger partial charge is 0.257 e. The van der Waals surface area contributed by atoms with Crippen molar-refractivity contribution in [1.29, 1.82) is 0 Å². The molecule has 134 valence electrons. The van der Waals surface area contributed by atoms with Crippen LogP contribution in [0.1, 0.15) is 12.5 Å². The maximum Gasteiger partial charge on any atom is 0.257 e. The third-order valence-electron chi connectivity index (χ3n) is 4.38. The van der Waals surface area contributed by atoms with Gasteiger partial charge in [-0.3, -0.25) is 4.79 Å². The Morgan fingerprint density at radius 3 is 2.64 bits per heavy atom. The van der Waals surface area contributed by atoms with E-state index in [9.17, 15) is 9.90 Å². The molecule has 0 radical (unpaired) electrons. The number of nitrogens with zero attached hydrogens (tertiary/aromatic N) is 1. The van der Waals surface area contributed by atoms with Crippen LogP contribution < -0.4 is 24.5 Å². The molecule has 0 amide bonds. The molecule has 1 atom stereocenters. The van der Waals surface area contributed by atoms with Gasteiger partial charge in [-0.25, -0.2) is 0 Å². The fourth-order valence-corrected chi connectivity index (χ4v) is 3.04. The molecule has 7 heteroatoms. The Bertz CT molecular complexity index is 914. The van der Waals surface area contributed by atoms with Crippen molar-refractivity contribution in [2.75, 3.05) is 21.0 Å².